The molecule has 0 saturated heterocycles. The molecule has 0 bridgehead atoms. The summed E-state index contributed by atoms with van der Waals surface area (Å²) < 4.78 is 95.4. The summed E-state index contributed by atoms with van der Waals surface area (Å²) in [7, 11) is 0. The molecule has 2 nitrogen and oxygen atoms in total. The van der Waals surface area contributed by atoms with Crippen molar-refractivity contribution in [3.05, 3.63) is 58.3 Å². The van der Waals surface area contributed by atoms with Crippen LogP contribution in [-0.4, -0.2) is 28.0 Å². The minimum atomic E-state index is -5.62. The zero-order valence-corrected chi connectivity index (χ0v) is 17.5. The van der Waals surface area contributed by atoms with Crippen LogP contribution in [0.1, 0.15) is 26.3 Å². The summed E-state index contributed by atoms with van der Waals surface area (Å²) in [6.07, 6.45) is 1.56. The number of alkyl halides is 6. The maximum absolute atomic E-state index is 15.1. The summed E-state index contributed by atoms with van der Waals surface area (Å²) in [5.41, 5.74) is -6.21. The minimum absolute atomic E-state index is 0.0978. The van der Waals surface area contributed by atoms with Gasteiger partial charge in [-0.05, 0) is 48.3 Å². The first-order valence-electron chi connectivity index (χ1n) is 9.08. The van der Waals surface area contributed by atoms with E-state index in [0.29, 0.717) is 5.57 Å². The highest BCUT2D eigenvalue weighted by atomic mass is 79.9. The number of rotatable bonds is 0. The molecule has 2 unspecified atom stereocenters. The van der Waals surface area contributed by atoms with Crippen molar-refractivity contribution < 1.29 is 31.1 Å². The average molecular weight is 490 g/mol. The summed E-state index contributed by atoms with van der Waals surface area (Å²) in [6, 6.07) is 6.02. The van der Waals surface area contributed by atoms with Crippen molar-refractivity contribution in [1.82, 2.24) is 0 Å². The number of para-hydroxylation sites is 1. The summed E-state index contributed by atoms with van der Waals surface area (Å²) >= 11 is 3.12. The molecule has 0 N–H and O–H groups in total. The van der Waals surface area contributed by atoms with Crippen molar-refractivity contribution in [2.45, 2.75) is 44.1 Å². The Morgan fingerprint density at radius 1 is 0.900 bits per heavy atom. The lowest BCUT2D eigenvalue weighted by Gasteiger charge is -2.48. The summed E-state index contributed by atoms with van der Waals surface area (Å²) in [4.78, 5) is 4.08. The van der Waals surface area contributed by atoms with Gasteiger partial charge in [-0.3, -0.25) is 0 Å². The molecule has 4 aliphatic rings. The second-order valence-electron chi connectivity index (χ2n) is 8.26. The highest BCUT2D eigenvalue weighted by Gasteiger charge is 2.85. The Kier molecular flexibility index (Phi) is 3.47. The molecule has 0 radical (unpaired) electrons. The lowest BCUT2D eigenvalue weighted by Crippen LogP contribution is -2.52. The minimum Gasteiger partial charge on any atom is -0.481 e. The molecule has 5 rings (SSSR count). The van der Waals surface area contributed by atoms with E-state index in [-0.39, 0.29) is 21.5 Å². The number of dihydropyridines is 1. The fourth-order valence-electron chi connectivity index (χ4n) is 4.95. The van der Waals surface area contributed by atoms with Gasteiger partial charge in [0.05, 0.1) is 16.7 Å². The zero-order chi connectivity index (χ0) is 22.1. The smallest absolute Gasteiger partial charge is 0.380 e. The van der Waals surface area contributed by atoms with Crippen molar-refractivity contribution in [3.63, 3.8) is 0 Å². The number of hydrogen-bond donors (Lipinski definition) is 0. The predicted molar refractivity (Wildman–Crippen MR) is 102 cm³/mol. The van der Waals surface area contributed by atoms with Gasteiger partial charge in [-0.25, -0.2) is 4.99 Å². The number of hydrogen-bond acceptors (Lipinski definition) is 2. The van der Waals surface area contributed by atoms with Gasteiger partial charge in [0.25, 0.3) is 0 Å². The predicted octanol–water partition coefficient (Wildman–Crippen LogP) is 6.54. The van der Waals surface area contributed by atoms with Crippen LogP contribution < -0.4 is 4.74 Å². The molecule has 0 spiro atoms. The molecule has 2 aliphatic carbocycles. The third-order valence-electron chi connectivity index (χ3n) is 6.62. The molecular weight excluding hydrogens is 476 g/mol. The quantitative estimate of drug-likeness (QED) is 0.379. The van der Waals surface area contributed by atoms with E-state index in [2.05, 4.69) is 20.9 Å². The van der Waals surface area contributed by atoms with Crippen molar-refractivity contribution in [1.29, 1.82) is 0 Å². The highest BCUT2D eigenvalue weighted by molar-refractivity contribution is 9.18. The summed E-state index contributed by atoms with van der Waals surface area (Å²) in [6.45, 7) is 4.60. The topological polar surface area (TPSA) is 21.6 Å². The number of ether oxygens (including phenoxy) is 1. The van der Waals surface area contributed by atoms with Gasteiger partial charge in [-0.1, -0.05) is 24.3 Å². The van der Waals surface area contributed by atoms with Crippen LogP contribution >= 0.6 is 15.9 Å². The van der Waals surface area contributed by atoms with Crippen LogP contribution in [0.15, 0.2) is 57.8 Å². The van der Waals surface area contributed by atoms with Crippen LogP contribution in [-0.2, 0) is 0 Å². The molecule has 2 heterocycles. The van der Waals surface area contributed by atoms with Gasteiger partial charge in [-0.15, -0.1) is 0 Å². The molecule has 1 fully saturated rings. The molecule has 0 aromatic heterocycles. The Balaban J connectivity index is 2.03. The first-order chi connectivity index (χ1) is 13.7. The molecule has 9 heteroatoms. The normalized spacial score (nSPS) is 34.5. The molecule has 0 amide bonds. The SMILES string of the molecule is CC1=CC2(C)C(=C3C(=C4c5ccccc5OC42C)C(F)(F)C(F)(F)C3(F)F)N=C1Br. The van der Waals surface area contributed by atoms with E-state index in [9.17, 15) is 8.78 Å². The number of nitrogens with zero attached hydrogens (tertiary/aromatic N) is 1. The van der Waals surface area contributed by atoms with Crippen LogP contribution in [0.3, 0.4) is 0 Å². The van der Waals surface area contributed by atoms with Crippen LogP contribution in [0.2, 0.25) is 0 Å². The first-order valence-corrected chi connectivity index (χ1v) is 9.88. The van der Waals surface area contributed by atoms with Crippen molar-refractivity contribution >= 4 is 26.1 Å². The van der Waals surface area contributed by atoms with E-state index in [1.54, 1.807) is 19.1 Å². The maximum Gasteiger partial charge on any atom is 0.380 e. The molecule has 1 saturated carbocycles. The second kappa shape index (κ2) is 5.23. The molecule has 30 heavy (non-hydrogen) atoms. The second-order valence-corrected chi connectivity index (χ2v) is 9.01. The molecule has 158 valence electrons. The van der Waals surface area contributed by atoms with Gasteiger partial charge in [-0.2, -0.15) is 26.3 Å². The third-order valence-corrected chi connectivity index (χ3v) is 7.43. The molecule has 2 aliphatic heterocycles. The number of fused-ring (bicyclic) bond motifs is 6. The van der Waals surface area contributed by atoms with Crippen LogP contribution in [0.5, 0.6) is 5.75 Å². The van der Waals surface area contributed by atoms with E-state index in [1.807, 2.05) is 0 Å². The Hall–Kier alpha value is -2.03. The fourth-order valence-corrected chi connectivity index (χ4v) is 5.24. The lowest BCUT2D eigenvalue weighted by atomic mass is 9.60. The number of halogens is 7. The van der Waals surface area contributed by atoms with Gasteiger partial charge >= 0.3 is 17.8 Å². The van der Waals surface area contributed by atoms with E-state index >= 15 is 17.6 Å². The third kappa shape index (κ3) is 1.83. The van der Waals surface area contributed by atoms with Crippen LogP contribution in [0, 0.1) is 5.41 Å². The van der Waals surface area contributed by atoms with Crippen molar-refractivity contribution in [2.75, 3.05) is 0 Å². The van der Waals surface area contributed by atoms with E-state index < -0.39 is 45.6 Å². The highest BCUT2D eigenvalue weighted by Crippen LogP contribution is 2.72. The van der Waals surface area contributed by atoms with Gasteiger partial charge in [0.15, 0.2) is 0 Å². The molecule has 1 aromatic carbocycles. The standard InChI is InChI=1S/C21H14BrF6NO/c1-9-8-17(2)15(29-16(9)22)14-13(19(23,24)21(27,28)20(14,25)26)12-10-6-4-5-7-11(10)30-18(12,17)3/h4-8H,1-3H3. The first kappa shape index (κ1) is 19.9. The lowest BCUT2D eigenvalue weighted by molar-refractivity contribution is -0.258. The average Bonchev–Trinajstić information content (AvgIpc) is 3.00. The number of allylic oxidation sites excluding steroid dienone is 3. The Bertz CT molecular complexity index is 1160. The van der Waals surface area contributed by atoms with Gasteiger partial charge in [0.1, 0.15) is 16.0 Å². The molecule has 2 atom stereocenters. The number of benzene rings is 1. The van der Waals surface area contributed by atoms with E-state index in [4.69, 9.17) is 4.74 Å². The van der Waals surface area contributed by atoms with Gasteiger partial charge in [0.2, 0.25) is 0 Å². The Morgan fingerprint density at radius 2 is 1.50 bits per heavy atom. The zero-order valence-electron chi connectivity index (χ0n) is 15.9. The van der Waals surface area contributed by atoms with Gasteiger partial charge < -0.3 is 4.74 Å². The van der Waals surface area contributed by atoms with E-state index in [1.165, 1.54) is 32.0 Å². The van der Waals surface area contributed by atoms with Crippen LogP contribution in [0.4, 0.5) is 26.3 Å². The molecule has 1 aromatic rings. The van der Waals surface area contributed by atoms with Crippen molar-refractivity contribution in [3.8, 4) is 5.75 Å². The molecular formula is C21H14BrF6NO. The Labute approximate surface area is 176 Å². The van der Waals surface area contributed by atoms with Crippen LogP contribution in [0.25, 0.3) is 5.57 Å². The summed E-state index contributed by atoms with van der Waals surface area (Å²) in [5, 5.41) is 0. The van der Waals surface area contributed by atoms with E-state index in [0.717, 1.165) is 0 Å². The maximum atomic E-state index is 15.1. The van der Waals surface area contributed by atoms with Gasteiger partial charge in [0, 0.05) is 16.7 Å². The largest absolute Gasteiger partial charge is 0.481 e. The fraction of sp³-hybridized carbons (Fsp3) is 0.381. The summed E-state index contributed by atoms with van der Waals surface area (Å²) in [5.74, 6) is -15.7. The Morgan fingerprint density at radius 3 is 2.17 bits per heavy atom. The number of aliphatic imine (C=N–C) groups is 1. The monoisotopic (exact) mass is 489 g/mol. The van der Waals surface area contributed by atoms with Crippen molar-refractivity contribution in [2.24, 2.45) is 10.4 Å².